The van der Waals surface area contributed by atoms with Crippen LogP contribution in [0.5, 0.6) is 5.75 Å². The second kappa shape index (κ2) is 6.06. The molecule has 0 spiro atoms. The summed E-state index contributed by atoms with van der Waals surface area (Å²) in [6, 6.07) is 5.97. The molecule has 0 aliphatic rings. The molecule has 0 unspecified atom stereocenters. The van der Waals surface area contributed by atoms with Crippen LogP contribution in [0.2, 0.25) is 0 Å². The van der Waals surface area contributed by atoms with Crippen molar-refractivity contribution in [3.63, 3.8) is 0 Å². The Morgan fingerprint density at radius 1 is 1.17 bits per heavy atom. The number of methoxy groups -OCH3 is 1. The number of hydrogen-bond acceptors (Lipinski definition) is 1. The average molecular weight is 231 g/mol. The van der Waals surface area contributed by atoms with Crippen molar-refractivity contribution >= 4 is 15.9 Å². The summed E-state index contributed by atoms with van der Waals surface area (Å²) >= 11 is 3.37. The Morgan fingerprint density at radius 2 is 1.75 bits per heavy atom. The molecule has 0 aliphatic carbocycles. The second-order valence-electron chi connectivity index (χ2n) is 2.17. The van der Waals surface area contributed by atoms with E-state index in [4.69, 9.17) is 4.74 Å². The summed E-state index contributed by atoms with van der Waals surface area (Å²) in [7, 11) is 1.67. The van der Waals surface area contributed by atoms with Crippen LogP contribution in [0.4, 0.5) is 0 Å². The molecule has 1 aromatic carbocycles. The molecule has 0 saturated carbocycles. The molecule has 0 heterocycles. The molecule has 0 radical (unpaired) electrons. The maximum Gasteiger partial charge on any atom is 0.120 e. The summed E-state index contributed by atoms with van der Waals surface area (Å²) < 4.78 is 6.11. The van der Waals surface area contributed by atoms with Gasteiger partial charge >= 0.3 is 0 Å². The van der Waals surface area contributed by atoms with Gasteiger partial charge in [0.15, 0.2) is 0 Å². The highest BCUT2D eigenvalue weighted by Gasteiger charge is 1.93. The third kappa shape index (κ3) is 3.77. The van der Waals surface area contributed by atoms with Crippen LogP contribution >= 0.6 is 15.9 Å². The number of halogens is 1. The number of aryl methyl sites for hydroxylation is 1. The van der Waals surface area contributed by atoms with Crippen LogP contribution in [0.15, 0.2) is 22.7 Å². The Bertz CT molecular complexity index is 213. The lowest BCUT2D eigenvalue weighted by Gasteiger charge is -2.00. The molecular formula is C10H15BrO. The van der Waals surface area contributed by atoms with Crippen LogP contribution in [0, 0.1) is 6.92 Å². The van der Waals surface area contributed by atoms with Gasteiger partial charge in [-0.05, 0) is 30.7 Å². The average Bonchev–Trinajstić information content (AvgIpc) is 2.06. The number of benzene rings is 1. The number of hydrogen-bond donors (Lipinski definition) is 0. The van der Waals surface area contributed by atoms with Crippen molar-refractivity contribution in [1.29, 1.82) is 0 Å². The highest BCUT2D eigenvalue weighted by Crippen LogP contribution is 2.20. The van der Waals surface area contributed by atoms with Crippen LogP contribution in [-0.4, -0.2) is 7.11 Å². The van der Waals surface area contributed by atoms with Crippen molar-refractivity contribution in [3.8, 4) is 5.75 Å². The first-order valence-corrected chi connectivity index (χ1v) is 4.83. The van der Waals surface area contributed by atoms with Gasteiger partial charge in [-0.25, -0.2) is 0 Å². The van der Waals surface area contributed by atoms with E-state index in [-0.39, 0.29) is 0 Å². The highest BCUT2D eigenvalue weighted by atomic mass is 79.9. The van der Waals surface area contributed by atoms with Gasteiger partial charge in [-0.3, -0.25) is 0 Å². The van der Waals surface area contributed by atoms with Gasteiger partial charge in [0, 0.05) is 4.47 Å². The predicted molar refractivity (Wildman–Crippen MR) is 56.8 cm³/mol. The second-order valence-corrected chi connectivity index (χ2v) is 3.08. The van der Waals surface area contributed by atoms with Gasteiger partial charge in [-0.15, -0.1) is 0 Å². The van der Waals surface area contributed by atoms with Crippen molar-refractivity contribution in [2.45, 2.75) is 20.8 Å². The molecule has 12 heavy (non-hydrogen) atoms. The lowest BCUT2D eigenvalue weighted by atomic mass is 10.2. The summed E-state index contributed by atoms with van der Waals surface area (Å²) in [5, 5.41) is 0. The third-order valence-electron chi connectivity index (χ3n) is 1.25. The monoisotopic (exact) mass is 230 g/mol. The van der Waals surface area contributed by atoms with E-state index in [0.717, 1.165) is 10.2 Å². The minimum Gasteiger partial charge on any atom is -0.497 e. The van der Waals surface area contributed by atoms with E-state index in [9.17, 15) is 0 Å². The fourth-order valence-electron chi connectivity index (χ4n) is 0.821. The largest absolute Gasteiger partial charge is 0.497 e. The molecule has 0 saturated heterocycles. The molecule has 0 fully saturated rings. The Hall–Kier alpha value is -0.500. The van der Waals surface area contributed by atoms with Crippen LogP contribution in [0.1, 0.15) is 19.4 Å². The van der Waals surface area contributed by atoms with Gasteiger partial charge in [0.1, 0.15) is 5.75 Å². The molecule has 0 atom stereocenters. The molecule has 0 aromatic heterocycles. The van der Waals surface area contributed by atoms with Gasteiger partial charge in [-0.2, -0.15) is 0 Å². The van der Waals surface area contributed by atoms with Crippen LogP contribution in [0.25, 0.3) is 0 Å². The van der Waals surface area contributed by atoms with E-state index < -0.39 is 0 Å². The highest BCUT2D eigenvalue weighted by molar-refractivity contribution is 9.10. The molecule has 0 amide bonds. The first-order chi connectivity index (χ1) is 5.72. The van der Waals surface area contributed by atoms with Crippen LogP contribution < -0.4 is 4.74 Å². The normalized spacial score (nSPS) is 8.42. The zero-order valence-electron chi connectivity index (χ0n) is 8.02. The molecule has 0 aliphatic heterocycles. The molecule has 1 rings (SSSR count). The zero-order valence-corrected chi connectivity index (χ0v) is 9.60. The Balaban J connectivity index is 0.000000561. The van der Waals surface area contributed by atoms with Crippen LogP contribution in [0.3, 0.4) is 0 Å². The van der Waals surface area contributed by atoms with E-state index in [1.54, 1.807) is 7.11 Å². The molecule has 1 aromatic rings. The third-order valence-corrected chi connectivity index (χ3v) is 1.71. The molecule has 68 valence electrons. The predicted octanol–water partition coefficient (Wildman–Crippen LogP) is 3.79. The topological polar surface area (TPSA) is 9.23 Å². The maximum absolute atomic E-state index is 5.05. The van der Waals surface area contributed by atoms with Crippen molar-refractivity contribution in [2.24, 2.45) is 0 Å². The van der Waals surface area contributed by atoms with Crippen molar-refractivity contribution in [1.82, 2.24) is 0 Å². The summed E-state index contributed by atoms with van der Waals surface area (Å²) in [5.41, 5.74) is 1.20. The standard InChI is InChI=1S/C8H9BrO.C2H6/c1-6-3-7(9)5-8(4-6)10-2;1-2/h3-5H,1-2H3;1-2H3. The maximum atomic E-state index is 5.05. The molecular weight excluding hydrogens is 216 g/mol. The van der Waals surface area contributed by atoms with Gasteiger partial charge in [0.05, 0.1) is 7.11 Å². The minimum absolute atomic E-state index is 0.895. The zero-order chi connectivity index (χ0) is 9.56. The summed E-state index contributed by atoms with van der Waals surface area (Å²) in [6.45, 7) is 6.04. The van der Waals surface area contributed by atoms with Crippen LogP contribution in [-0.2, 0) is 0 Å². The Kier molecular flexibility index (Phi) is 5.81. The number of rotatable bonds is 1. The van der Waals surface area contributed by atoms with E-state index in [1.807, 2.05) is 39.0 Å². The Morgan fingerprint density at radius 3 is 2.17 bits per heavy atom. The van der Waals surface area contributed by atoms with Crippen molar-refractivity contribution in [3.05, 3.63) is 28.2 Å². The van der Waals surface area contributed by atoms with E-state index >= 15 is 0 Å². The molecule has 1 nitrogen and oxygen atoms in total. The van der Waals surface area contributed by atoms with Gasteiger partial charge < -0.3 is 4.74 Å². The lowest BCUT2D eigenvalue weighted by Crippen LogP contribution is -1.82. The molecule has 0 bridgehead atoms. The Labute approximate surface area is 82.9 Å². The first-order valence-electron chi connectivity index (χ1n) is 4.03. The fourth-order valence-corrected chi connectivity index (χ4v) is 1.41. The van der Waals surface area contributed by atoms with E-state index in [0.29, 0.717) is 0 Å². The quantitative estimate of drug-likeness (QED) is 0.714. The van der Waals surface area contributed by atoms with Crippen molar-refractivity contribution < 1.29 is 4.74 Å². The summed E-state index contributed by atoms with van der Waals surface area (Å²) in [4.78, 5) is 0. The summed E-state index contributed by atoms with van der Waals surface area (Å²) in [6.07, 6.45) is 0. The SMILES string of the molecule is CC.COc1cc(C)cc(Br)c1. The summed E-state index contributed by atoms with van der Waals surface area (Å²) in [5.74, 6) is 0.895. The van der Waals surface area contributed by atoms with E-state index in [2.05, 4.69) is 15.9 Å². The van der Waals surface area contributed by atoms with Gasteiger partial charge in [0.25, 0.3) is 0 Å². The smallest absolute Gasteiger partial charge is 0.120 e. The van der Waals surface area contributed by atoms with Crippen molar-refractivity contribution in [2.75, 3.05) is 7.11 Å². The minimum atomic E-state index is 0.895. The molecule has 0 N–H and O–H groups in total. The van der Waals surface area contributed by atoms with E-state index in [1.165, 1.54) is 5.56 Å². The number of ether oxygens (including phenoxy) is 1. The molecule has 2 heteroatoms. The first kappa shape index (κ1) is 11.5. The van der Waals surface area contributed by atoms with Gasteiger partial charge in [-0.1, -0.05) is 29.8 Å². The van der Waals surface area contributed by atoms with Gasteiger partial charge in [0.2, 0.25) is 0 Å². The fraction of sp³-hybridized carbons (Fsp3) is 0.400. The lowest BCUT2D eigenvalue weighted by molar-refractivity contribution is 0.414.